The van der Waals surface area contributed by atoms with Crippen LogP contribution in [0, 0.1) is 0 Å². The van der Waals surface area contributed by atoms with Crippen molar-refractivity contribution in [2.45, 2.75) is 90.8 Å². The molecule has 1 N–H and O–H groups in total. The summed E-state index contributed by atoms with van der Waals surface area (Å²) in [6.45, 7) is 15.8. The van der Waals surface area contributed by atoms with E-state index in [2.05, 4.69) is 15.3 Å². The van der Waals surface area contributed by atoms with Gasteiger partial charge in [-0.15, -0.1) is 0 Å². The van der Waals surface area contributed by atoms with Crippen molar-refractivity contribution in [1.82, 2.24) is 20.2 Å². The van der Waals surface area contributed by atoms with Gasteiger partial charge in [-0.2, -0.15) is 0 Å². The number of hydrogen-bond acceptors (Lipinski definition) is 8. The molecule has 0 saturated carbocycles. The molecule has 1 aromatic rings. The summed E-state index contributed by atoms with van der Waals surface area (Å²) in [5.74, 6) is -0.191. The van der Waals surface area contributed by atoms with Gasteiger partial charge in [0, 0.05) is 30.8 Å². The SMILES string of the molecule is C[C@@H](NC(=O)OC(C)(C)C)C(=O)N1CC[C@@H](Oc2ncc(B3OC(C)(C)C(C)(C)O3)cn2)C1. The molecule has 2 aliphatic rings. The molecule has 2 aliphatic heterocycles. The number of amides is 2. The lowest BCUT2D eigenvalue weighted by Crippen LogP contribution is -2.47. The number of hydrogen-bond donors (Lipinski definition) is 1. The molecule has 3 heterocycles. The monoisotopic (exact) mass is 462 g/mol. The Bertz CT molecular complexity index is 855. The third kappa shape index (κ3) is 6.14. The van der Waals surface area contributed by atoms with Gasteiger partial charge in [-0.05, 0) is 55.4 Å². The highest BCUT2D eigenvalue weighted by Crippen LogP contribution is 2.36. The summed E-state index contributed by atoms with van der Waals surface area (Å²) in [6, 6.07) is -0.469. The van der Waals surface area contributed by atoms with E-state index < -0.39 is 36.1 Å². The number of carbonyl (C=O) groups is 2. The molecule has 0 aliphatic carbocycles. The standard InChI is InChI=1S/C22H35BN4O6/c1-14(26-19(29)31-20(2,3)4)17(28)27-10-9-16(13-27)30-18-24-11-15(12-25-18)23-32-21(5,6)22(7,8)33-23/h11-12,14,16H,9-10,13H2,1-8H3,(H,26,29)/t14-,16-/m1/s1. The molecule has 0 radical (unpaired) electrons. The second-order valence-electron chi connectivity index (χ2n) is 10.6. The van der Waals surface area contributed by atoms with E-state index in [0.29, 0.717) is 25.0 Å². The molecule has 2 fully saturated rings. The Balaban J connectivity index is 1.50. The summed E-state index contributed by atoms with van der Waals surface area (Å²) in [5, 5.41) is 2.58. The van der Waals surface area contributed by atoms with Crippen LogP contribution in [0.1, 0.15) is 61.8 Å². The second kappa shape index (κ2) is 9.10. The highest BCUT2D eigenvalue weighted by atomic mass is 16.7. The molecule has 2 saturated heterocycles. The minimum atomic E-state index is -0.700. The third-order valence-electron chi connectivity index (χ3n) is 6.01. The Hall–Kier alpha value is -2.40. The number of nitrogens with one attached hydrogen (secondary N) is 1. The first-order valence-corrected chi connectivity index (χ1v) is 11.3. The largest absolute Gasteiger partial charge is 0.498 e. The van der Waals surface area contributed by atoms with Crippen LogP contribution in [0.3, 0.4) is 0 Å². The van der Waals surface area contributed by atoms with Gasteiger partial charge in [0.15, 0.2) is 0 Å². The van der Waals surface area contributed by atoms with Crippen molar-refractivity contribution in [3.8, 4) is 6.01 Å². The third-order valence-corrected chi connectivity index (χ3v) is 6.01. The average molecular weight is 462 g/mol. The smallest absolute Gasteiger partial charge is 0.458 e. The van der Waals surface area contributed by atoms with Gasteiger partial charge < -0.3 is 29.0 Å². The van der Waals surface area contributed by atoms with Gasteiger partial charge in [0.05, 0.1) is 17.7 Å². The first-order valence-electron chi connectivity index (χ1n) is 11.3. The summed E-state index contributed by atoms with van der Waals surface area (Å²) >= 11 is 0. The predicted molar refractivity (Wildman–Crippen MR) is 122 cm³/mol. The van der Waals surface area contributed by atoms with Crippen LogP contribution in [0.25, 0.3) is 0 Å². The Morgan fingerprint density at radius 1 is 1.18 bits per heavy atom. The topological polar surface area (TPSA) is 112 Å². The fourth-order valence-corrected chi connectivity index (χ4v) is 3.48. The van der Waals surface area contributed by atoms with Crippen LogP contribution in [-0.2, 0) is 18.8 Å². The first kappa shape index (κ1) is 25.2. The van der Waals surface area contributed by atoms with Crippen LogP contribution >= 0.6 is 0 Å². The highest BCUT2D eigenvalue weighted by molar-refractivity contribution is 6.61. The van der Waals surface area contributed by atoms with Crippen LogP contribution in [0.15, 0.2) is 12.4 Å². The van der Waals surface area contributed by atoms with E-state index in [0.717, 1.165) is 0 Å². The Labute approximate surface area is 195 Å². The fraction of sp³-hybridized carbons (Fsp3) is 0.727. The zero-order valence-electron chi connectivity index (χ0n) is 20.8. The van der Waals surface area contributed by atoms with E-state index in [4.69, 9.17) is 18.8 Å². The molecule has 0 aromatic carbocycles. The molecule has 2 amide bonds. The van der Waals surface area contributed by atoms with E-state index in [1.807, 2.05) is 27.7 Å². The maximum absolute atomic E-state index is 12.7. The van der Waals surface area contributed by atoms with E-state index in [-0.39, 0.29) is 18.0 Å². The number of nitrogens with zero attached hydrogens (tertiary/aromatic N) is 3. The number of ether oxygens (including phenoxy) is 2. The molecule has 182 valence electrons. The second-order valence-corrected chi connectivity index (χ2v) is 10.6. The van der Waals surface area contributed by atoms with Gasteiger partial charge >= 0.3 is 19.2 Å². The maximum Gasteiger partial charge on any atom is 0.498 e. The van der Waals surface area contributed by atoms with Crippen molar-refractivity contribution in [2.75, 3.05) is 13.1 Å². The molecular formula is C22H35BN4O6. The molecule has 11 heteroatoms. The summed E-state index contributed by atoms with van der Waals surface area (Å²) in [7, 11) is -0.539. The molecule has 2 atom stereocenters. The fourth-order valence-electron chi connectivity index (χ4n) is 3.48. The summed E-state index contributed by atoms with van der Waals surface area (Å²) in [6.07, 6.45) is 3.06. The molecule has 0 spiro atoms. The number of alkyl carbamates (subject to hydrolysis) is 1. The number of likely N-dealkylation sites (tertiary alicyclic amines) is 1. The van der Waals surface area contributed by atoms with Crippen molar-refractivity contribution in [3.05, 3.63) is 12.4 Å². The summed E-state index contributed by atoms with van der Waals surface area (Å²) < 4.78 is 23.1. The lowest BCUT2D eigenvalue weighted by atomic mass is 9.81. The normalized spacial score (nSPS) is 22.7. The van der Waals surface area contributed by atoms with Crippen molar-refractivity contribution in [2.24, 2.45) is 0 Å². The molecule has 33 heavy (non-hydrogen) atoms. The van der Waals surface area contributed by atoms with E-state index >= 15 is 0 Å². The first-order chi connectivity index (χ1) is 15.2. The number of aromatic nitrogens is 2. The van der Waals surface area contributed by atoms with E-state index in [1.54, 1.807) is 45.0 Å². The van der Waals surface area contributed by atoms with Gasteiger partial charge in [-0.25, -0.2) is 14.8 Å². The Morgan fingerprint density at radius 2 is 1.76 bits per heavy atom. The number of carbonyl (C=O) groups excluding carboxylic acids is 2. The van der Waals surface area contributed by atoms with Crippen molar-refractivity contribution >= 4 is 24.6 Å². The van der Waals surface area contributed by atoms with Crippen molar-refractivity contribution < 1.29 is 28.4 Å². The van der Waals surface area contributed by atoms with Gasteiger partial charge in [0.2, 0.25) is 5.91 Å². The van der Waals surface area contributed by atoms with Gasteiger partial charge in [-0.3, -0.25) is 4.79 Å². The molecular weight excluding hydrogens is 427 g/mol. The molecule has 1 aromatic heterocycles. The van der Waals surface area contributed by atoms with Crippen LogP contribution in [0.2, 0.25) is 0 Å². The quantitative estimate of drug-likeness (QED) is 0.658. The van der Waals surface area contributed by atoms with Crippen LogP contribution in [-0.4, -0.2) is 76.0 Å². The van der Waals surface area contributed by atoms with Gasteiger partial charge in [-0.1, -0.05) is 0 Å². The highest BCUT2D eigenvalue weighted by Gasteiger charge is 2.52. The maximum atomic E-state index is 12.7. The van der Waals surface area contributed by atoms with E-state index in [1.165, 1.54) is 0 Å². The minimum Gasteiger partial charge on any atom is -0.458 e. The molecule has 0 bridgehead atoms. The molecule has 0 unspecified atom stereocenters. The lowest BCUT2D eigenvalue weighted by Gasteiger charge is -2.32. The van der Waals surface area contributed by atoms with Crippen LogP contribution in [0.4, 0.5) is 4.79 Å². The van der Waals surface area contributed by atoms with Gasteiger partial charge in [0.25, 0.3) is 0 Å². The van der Waals surface area contributed by atoms with Crippen LogP contribution in [0.5, 0.6) is 6.01 Å². The summed E-state index contributed by atoms with van der Waals surface area (Å²) in [5.41, 5.74) is -0.798. The summed E-state index contributed by atoms with van der Waals surface area (Å²) in [4.78, 5) is 34.8. The molecule has 3 rings (SSSR count). The molecule has 10 nitrogen and oxygen atoms in total. The lowest BCUT2D eigenvalue weighted by molar-refractivity contribution is -0.132. The van der Waals surface area contributed by atoms with Crippen molar-refractivity contribution in [1.29, 1.82) is 0 Å². The Kier molecular flexibility index (Phi) is 6.96. The zero-order chi connectivity index (χ0) is 24.6. The Morgan fingerprint density at radius 3 is 2.30 bits per heavy atom. The predicted octanol–water partition coefficient (Wildman–Crippen LogP) is 1.67. The van der Waals surface area contributed by atoms with Crippen molar-refractivity contribution in [3.63, 3.8) is 0 Å². The van der Waals surface area contributed by atoms with E-state index in [9.17, 15) is 9.59 Å². The zero-order valence-corrected chi connectivity index (χ0v) is 20.8. The number of rotatable bonds is 5. The van der Waals surface area contributed by atoms with Crippen LogP contribution < -0.4 is 15.5 Å². The van der Waals surface area contributed by atoms with Gasteiger partial charge in [0.1, 0.15) is 17.7 Å². The minimum absolute atomic E-state index is 0.191. The average Bonchev–Trinajstić information content (AvgIpc) is 3.21.